The van der Waals surface area contributed by atoms with Gasteiger partial charge in [0.05, 0.1) is 0 Å². The van der Waals surface area contributed by atoms with Crippen LogP contribution in [0.25, 0.3) is 0 Å². The van der Waals surface area contributed by atoms with Crippen LogP contribution in [0.3, 0.4) is 0 Å². The molecule has 0 rings (SSSR count). The van der Waals surface area contributed by atoms with Gasteiger partial charge in [-0.15, -0.1) is 19.7 Å². The second kappa shape index (κ2) is 7.17. The Kier molecular flexibility index (Phi) is 6.63. The molecule has 3 nitrogen and oxygen atoms in total. The minimum Gasteiger partial charge on any atom is -0.479 e. The Morgan fingerprint density at radius 1 is 1.11 bits per heavy atom. The van der Waals surface area contributed by atoms with Crippen LogP contribution in [0.4, 0.5) is 0 Å². The fourth-order valence-electron chi connectivity index (χ4n) is 2.55. The zero-order valence-corrected chi connectivity index (χ0v) is 11.2. The molecule has 0 aromatic heterocycles. The van der Waals surface area contributed by atoms with E-state index in [0.717, 1.165) is 0 Å². The van der Waals surface area contributed by atoms with E-state index in [0.29, 0.717) is 25.7 Å². The zero-order chi connectivity index (χ0) is 14.2. The van der Waals surface area contributed by atoms with Crippen molar-refractivity contribution in [2.75, 3.05) is 0 Å². The van der Waals surface area contributed by atoms with Crippen molar-refractivity contribution in [3.05, 3.63) is 38.0 Å². The summed E-state index contributed by atoms with van der Waals surface area (Å²) in [6.07, 6.45) is 6.98. The van der Waals surface area contributed by atoms with Crippen LogP contribution in [0, 0.1) is 5.41 Å². The van der Waals surface area contributed by atoms with Gasteiger partial charge in [-0.05, 0) is 25.7 Å². The van der Waals surface area contributed by atoms with E-state index in [1.807, 2.05) is 6.92 Å². The average molecular weight is 252 g/mol. The summed E-state index contributed by atoms with van der Waals surface area (Å²) in [6, 6.07) is 0. The van der Waals surface area contributed by atoms with Gasteiger partial charge in [-0.2, -0.15) is 0 Å². The maximum Gasteiger partial charge on any atom is 0.336 e. The van der Waals surface area contributed by atoms with Crippen molar-refractivity contribution in [3.63, 3.8) is 0 Å². The lowest BCUT2D eigenvalue weighted by Crippen LogP contribution is -2.54. The fourth-order valence-corrected chi connectivity index (χ4v) is 2.55. The van der Waals surface area contributed by atoms with Gasteiger partial charge < -0.3 is 10.2 Å². The summed E-state index contributed by atoms with van der Waals surface area (Å²) >= 11 is 0. The summed E-state index contributed by atoms with van der Waals surface area (Å²) < 4.78 is 0. The lowest BCUT2D eigenvalue weighted by atomic mass is 9.63. The number of carboxylic acids is 1. The Balaban J connectivity index is 5.70. The summed E-state index contributed by atoms with van der Waals surface area (Å²) in [6.45, 7) is 12.9. The van der Waals surface area contributed by atoms with E-state index in [9.17, 15) is 15.0 Å². The summed E-state index contributed by atoms with van der Waals surface area (Å²) in [5, 5.41) is 20.1. The molecule has 102 valence electrons. The van der Waals surface area contributed by atoms with Crippen LogP contribution in [0.1, 0.15) is 39.0 Å². The van der Waals surface area contributed by atoms with Crippen LogP contribution in [-0.2, 0) is 4.79 Å². The van der Waals surface area contributed by atoms with Crippen LogP contribution in [0.5, 0.6) is 0 Å². The number of carbonyl (C=O) groups is 1. The molecule has 0 fully saturated rings. The SMILES string of the molecule is C=CCC(CC=C)(CC=C)C(O)(CCC)C(=O)O. The second-order valence-electron chi connectivity index (χ2n) is 4.67. The van der Waals surface area contributed by atoms with Gasteiger partial charge in [0.2, 0.25) is 0 Å². The monoisotopic (exact) mass is 252 g/mol. The van der Waals surface area contributed by atoms with Crippen molar-refractivity contribution in [2.45, 2.75) is 44.6 Å². The number of rotatable bonds is 10. The highest BCUT2D eigenvalue weighted by Crippen LogP contribution is 2.45. The molecular formula is C15H24O3. The molecule has 3 heteroatoms. The van der Waals surface area contributed by atoms with Crippen LogP contribution in [-0.4, -0.2) is 21.8 Å². The Hall–Kier alpha value is -1.35. The Bertz CT molecular complexity index is 293. The van der Waals surface area contributed by atoms with Crippen LogP contribution in [0.15, 0.2) is 38.0 Å². The van der Waals surface area contributed by atoms with E-state index in [2.05, 4.69) is 19.7 Å². The van der Waals surface area contributed by atoms with Crippen LogP contribution >= 0.6 is 0 Å². The lowest BCUT2D eigenvalue weighted by molar-refractivity contribution is -0.177. The molecule has 0 aliphatic rings. The Labute approximate surface area is 110 Å². The smallest absolute Gasteiger partial charge is 0.336 e. The van der Waals surface area contributed by atoms with Crippen LogP contribution in [0.2, 0.25) is 0 Å². The molecule has 0 bridgehead atoms. The molecule has 0 aliphatic heterocycles. The lowest BCUT2D eigenvalue weighted by Gasteiger charge is -2.43. The van der Waals surface area contributed by atoms with Crippen molar-refractivity contribution >= 4 is 5.97 Å². The van der Waals surface area contributed by atoms with E-state index in [1.165, 1.54) is 0 Å². The highest BCUT2D eigenvalue weighted by atomic mass is 16.4. The van der Waals surface area contributed by atoms with Gasteiger partial charge in [0.15, 0.2) is 5.60 Å². The molecule has 0 heterocycles. The predicted octanol–water partition coefficient (Wildman–Crippen LogP) is 3.32. The van der Waals surface area contributed by atoms with E-state index in [-0.39, 0.29) is 6.42 Å². The zero-order valence-electron chi connectivity index (χ0n) is 11.2. The first-order valence-corrected chi connectivity index (χ1v) is 6.22. The van der Waals surface area contributed by atoms with Crippen molar-refractivity contribution < 1.29 is 15.0 Å². The summed E-state index contributed by atoms with van der Waals surface area (Å²) in [7, 11) is 0. The van der Waals surface area contributed by atoms with Gasteiger partial charge in [0.1, 0.15) is 0 Å². The quantitative estimate of drug-likeness (QED) is 0.586. The van der Waals surface area contributed by atoms with Gasteiger partial charge in [0.25, 0.3) is 0 Å². The summed E-state index contributed by atoms with van der Waals surface area (Å²) in [5.74, 6) is -1.19. The van der Waals surface area contributed by atoms with Crippen molar-refractivity contribution in [2.24, 2.45) is 5.41 Å². The van der Waals surface area contributed by atoms with Crippen molar-refractivity contribution in [1.29, 1.82) is 0 Å². The number of allylic oxidation sites excluding steroid dienone is 3. The third kappa shape index (κ3) is 3.10. The number of carboxylic acid groups (broad SMARTS) is 1. The second-order valence-corrected chi connectivity index (χ2v) is 4.67. The van der Waals surface area contributed by atoms with E-state index in [1.54, 1.807) is 18.2 Å². The van der Waals surface area contributed by atoms with Gasteiger partial charge in [-0.25, -0.2) is 4.79 Å². The minimum atomic E-state index is -1.78. The first-order chi connectivity index (χ1) is 8.44. The van der Waals surface area contributed by atoms with Gasteiger partial charge in [0, 0.05) is 5.41 Å². The molecule has 0 saturated heterocycles. The number of hydrogen-bond donors (Lipinski definition) is 2. The minimum absolute atomic E-state index is 0.206. The van der Waals surface area contributed by atoms with E-state index < -0.39 is 17.0 Å². The van der Waals surface area contributed by atoms with Gasteiger partial charge in [-0.1, -0.05) is 31.6 Å². The van der Waals surface area contributed by atoms with E-state index in [4.69, 9.17) is 0 Å². The fraction of sp³-hybridized carbons (Fsp3) is 0.533. The Morgan fingerprint density at radius 3 is 1.72 bits per heavy atom. The third-order valence-electron chi connectivity index (χ3n) is 3.45. The number of aliphatic carboxylic acids is 1. The van der Waals surface area contributed by atoms with Gasteiger partial charge >= 0.3 is 5.97 Å². The molecule has 0 radical (unpaired) electrons. The molecule has 2 N–H and O–H groups in total. The molecule has 1 unspecified atom stereocenters. The molecule has 0 amide bonds. The molecule has 0 spiro atoms. The topological polar surface area (TPSA) is 57.5 Å². The summed E-state index contributed by atoms with van der Waals surface area (Å²) in [5.41, 5.74) is -2.60. The predicted molar refractivity (Wildman–Crippen MR) is 74.4 cm³/mol. The molecular weight excluding hydrogens is 228 g/mol. The third-order valence-corrected chi connectivity index (χ3v) is 3.45. The standard InChI is InChI=1S/C15H24O3/c1-5-9-14(10-6-2,11-7-3)15(18,12-8-4)13(16)17/h5-7,18H,1-3,8-12H2,4H3,(H,16,17). The van der Waals surface area contributed by atoms with Crippen molar-refractivity contribution in [1.82, 2.24) is 0 Å². The van der Waals surface area contributed by atoms with E-state index >= 15 is 0 Å². The highest BCUT2D eigenvalue weighted by Gasteiger charge is 2.52. The molecule has 18 heavy (non-hydrogen) atoms. The number of aliphatic hydroxyl groups is 1. The molecule has 0 aromatic rings. The molecule has 0 aliphatic carbocycles. The largest absolute Gasteiger partial charge is 0.479 e. The maximum atomic E-state index is 11.5. The highest BCUT2D eigenvalue weighted by molar-refractivity contribution is 5.78. The molecule has 0 saturated carbocycles. The maximum absolute atomic E-state index is 11.5. The Morgan fingerprint density at radius 2 is 1.50 bits per heavy atom. The molecule has 1 atom stereocenters. The first-order valence-electron chi connectivity index (χ1n) is 6.22. The average Bonchev–Trinajstić information content (AvgIpc) is 2.29. The number of hydrogen-bond acceptors (Lipinski definition) is 2. The van der Waals surface area contributed by atoms with Crippen molar-refractivity contribution in [3.8, 4) is 0 Å². The first kappa shape index (κ1) is 16.6. The summed E-state index contributed by atoms with van der Waals surface area (Å²) in [4.78, 5) is 11.5. The van der Waals surface area contributed by atoms with Gasteiger partial charge in [-0.3, -0.25) is 0 Å². The van der Waals surface area contributed by atoms with Crippen LogP contribution < -0.4 is 0 Å². The molecule has 0 aromatic carbocycles. The normalized spacial score (nSPS) is 14.6.